The summed E-state index contributed by atoms with van der Waals surface area (Å²) in [4.78, 5) is 21.7. The van der Waals surface area contributed by atoms with E-state index < -0.39 is 28.9 Å². The Balaban J connectivity index is 2.83. The second kappa shape index (κ2) is 3.86. The monoisotopic (exact) mass is 258 g/mol. The molecule has 1 N–H and O–H groups in total. The van der Waals surface area contributed by atoms with Crippen LogP contribution < -0.4 is 5.63 Å². The van der Waals surface area contributed by atoms with E-state index in [1.165, 1.54) is 0 Å². The van der Waals surface area contributed by atoms with Crippen molar-refractivity contribution in [2.75, 3.05) is 0 Å². The summed E-state index contributed by atoms with van der Waals surface area (Å²) in [6, 6.07) is 3.20. The van der Waals surface area contributed by atoms with E-state index in [4.69, 9.17) is 5.11 Å². The van der Waals surface area contributed by atoms with Crippen LogP contribution in [-0.2, 0) is 6.18 Å². The highest BCUT2D eigenvalue weighted by Crippen LogP contribution is 2.33. The minimum Gasteiger partial charge on any atom is -0.478 e. The first-order valence-corrected chi connectivity index (χ1v) is 4.67. The molecule has 4 nitrogen and oxygen atoms in total. The van der Waals surface area contributed by atoms with E-state index in [1.807, 2.05) is 0 Å². The fourth-order valence-electron chi connectivity index (χ4n) is 1.53. The molecule has 1 heterocycles. The minimum atomic E-state index is -4.71. The molecule has 0 unspecified atom stereocenters. The Hall–Kier alpha value is -2.31. The van der Waals surface area contributed by atoms with Gasteiger partial charge in [0.2, 0.25) is 0 Å². The van der Waals surface area contributed by atoms with Crippen LogP contribution in [0.15, 0.2) is 33.5 Å². The maximum Gasteiger partial charge on any atom is 0.417 e. The van der Waals surface area contributed by atoms with Gasteiger partial charge in [0, 0.05) is 11.5 Å². The van der Waals surface area contributed by atoms with Gasteiger partial charge in [-0.3, -0.25) is 0 Å². The average Bonchev–Trinajstić information content (AvgIpc) is 2.25. The molecule has 0 radical (unpaired) electrons. The first kappa shape index (κ1) is 12.2. The van der Waals surface area contributed by atoms with Crippen LogP contribution in [0.25, 0.3) is 11.0 Å². The lowest BCUT2D eigenvalue weighted by Crippen LogP contribution is -2.11. The van der Waals surface area contributed by atoms with Gasteiger partial charge >= 0.3 is 17.8 Å². The van der Waals surface area contributed by atoms with Gasteiger partial charge in [-0.15, -0.1) is 0 Å². The normalized spacial score (nSPS) is 11.7. The van der Waals surface area contributed by atoms with Gasteiger partial charge in [0.05, 0.1) is 11.1 Å². The van der Waals surface area contributed by atoms with Gasteiger partial charge < -0.3 is 9.52 Å². The minimum absolute atomic E-state index is 0.259. The van der Waals surface area contributed by atoms with E-state index in [0.29, 0.717) is 6.07 Å². The van der Waals surface area contributed by atoms with Crippen LogP contribution in [0.3, 0.4) is 0 Å². The summed E-state index contributed by atoms with van der Waals surface area (Å²) in [6.45, 7) is 0. The molecule has 0 aliphatic heterocycles. The van der Waals surface area contributed by atoms with Crippen molar-refractivity contribution in [2.24, 2.45) is 0 Å². The highest BCUT2D eigenvalue weighted by atomic mass is 19.4. The Bertz CT molecular complexity index is 685. The van der Waals surface area contributed by atoms with Gasteiger partial charge in [-0.2, -0.15) is 13.2 Å². The number of carbonyl (C=O) groups is 1. The van der Waals surface area contributed by atoms with Crippen molar-refractivity contribution in [1.82, 2.24) is 0 Å². The molecule has 0 aliphatic rings. The average molecular weight is 258 g/mol. The van der Waals surface area contributed by atoms with Gasteiger partial charge in [-0.1, -0.05) is 0 Å². The highest BCUT2D eigenvalue weighted by molar-refractivity contribution is 5.93. The molecule has 0 atom stereocenters. The molecular formula is C11H5F3O4. The zero-order valence-electron chi connectivity index (χ0n) is 8.62. The van der Waals surface area contributed by atoms with Crippen molar-refractivity contribution >= 4 is 16.9 Å². The van der Waals surface area contributed by atoms with E-state index >= 15 is 0 Å². The third-order valence-corrected chi connectivity index (χ3v) is 2.30. The van der Waals surface area contributed by atoms with E-state index in [9.17, 15) is 22.8 Å². The molecule has 94 valence electrons. The molecule has 1 aromatic heterocycles. The van der Waals surface area contributed by atoms with E-state index in [-0.39, 0.29) is 10.9 Å². The Morgan fingerprint density at radius 1 is 1.22 bits per heavy atom. The lowest BCUT2D eigenvalue weighted by Gasteiger charge is -2.09. The molecule has 0 saturated heterocycles. The molecule has 0 saturated carbocycles. The van der Waals surface area contributed by atoms with Crippen LogP contribution in [-0.4, -0.2) is 11.1 Å². The van der Waals surface area contributed by atoms with Crippen molar-refractivity contribution in [2.45, 2.75) is 6.18 Å². The van der Waals surface area contributed by atoms with Crippen molar-refractivity contribution in [1.29, 1.82) is 0 Å². The number of halogens is 3. The van der Waals surface area contributed by atoms with E-state index in [1.54, 1.807) is 0 Å². The predicted octanol–water partition coefficient (Wildman–Crippen LogP) is 2.51. The fourth-order valence-corrected chi connectivity index (χ4v) is 1.53. The van der Waals surface area contributed by atoms with E-state index in [2.05, 4.69) is 4.42 Å². The zero-order chi connectivity index (χ0) is 13.5. The molecule has 0 fully saturated rings. The number of carboxylic acid groups (broad SMARTS) is 1. The summed E-state index contributed by atoms with van der Waals surface area (Å²) in [5, 5.41) is 8.35. The summed E-state index contributed by atoms with van der Waals surface area (Å²) in [7, 11) is 0. The lowest BCUT2D eigenvalue weighted by molar-refractivity contribution is -0.136. The number of alkyl halides is 3. The fraction of sp³-hybridized carbons (Fsp3) is 0.0909. The molecule has 7 heteroatoms. The molecule has 1 aromatic carbocycles. The second-order valence-corrected chi connectivity index (χ2v) is 3.49. The van der Waals surface area contributed by atoms with Gasteiger partial charge in [0.25, 0.3) is 0 Å². The standard InChI is InChI=1S/C11H5F3O4/c12-11(13,14)7-4-9(15)18-8-3-5(10(16)17)1-2-6(7)8/h1-4H,(H,16,17). The number of aromatic carboxylic acids is 1. The summed E-state index contributed by atoms with van der Waals surface area (Å²) >= 11 is 0. The first-order valence-electron chi connectivity index (χ1n) is 4.67. The van der Waals surface area contributed by atoms with Gasteiger partial charge in [0.1, 0.15) is 5.58 Å². The third kappa shape index (κ3) is 2.06. The SMILES string of the molecule is O=C(O)c1ccc2c(C(F)(F)F)cc(=O)oc2c1. The van der Waals surface area contributed by atoms with Crippen molar-refractivity contribution in [3.8, 4) is 0 Å². The van der Waals surface area contributed by atoms with Crippen LogP contribution in [0.1, 0.15) is 15.9 Å². The summed E-state index contributed by atoms with van der Waals surface area (Å²) in [5.41, 5.74) is -3.00. The van der Waals surface area contributed by atoms with Gasteiger partial charge in [-0.05, 0) is 18.2 Å². The van der Waals surface area contributed by atoms with Crippen LogP contribution in [0, 0.1) is 0 Å². The molecule has 0 aliphatic carbocycles. The van der Waals surface area contributed by atoms with Crippen molar-refractivity contribution < 1.29 is 27.5 Å². The number of benzene rings is 1. The quantitative estimate of drug-likeness (QED) is 0.798. The number of carboxylic acids is 1. The van der Waals surface area contributed by atoms with Crippen LogP contribution in [0.5, 0.6) is 0 Å². The molecule has 0 amide bonds. The number of hydrogen-bond donors (Lipinski definition) is 1. The van der Waals surface area contributed by atoms with Gasteiger partial charge in [-0.25, -0.2) is 9.59 Å². The Labute approximate surface area is 97.3 Å². The first-order chi connectivity index (χ1) is 8.29. The number of rotatable bonds is 1. The highest BCUT2D eigenvalue weighted by Gasteiger charge is 2.33. The topological polar surface area (TPSA) is 67.5 Å². The predicted molar refractivity (Wildman–Crippen MR) is 54.4 cm³/mol. The van der Waals surface area contributed by atoms with Crippen LogP contribution in [0.4, 0.5) is 13.2 Å². The molecule has 0 bridgehead atoms. The Kier molecular flexibility index (Phi) is 2.61. The maximum atomic E-state index is 12.7. The Morgan fingerprint density at radius 3 is 2.44 bits per heavy atom. The largest absolute Gasteiger partial charge is 0.478 e. The summed E-state index contributed by atoms with van der Waals surface area (Å²) < 4.78 is 42.5. The van der Waals surface area contributed by atoms with Crippen LogP contribution in [0.2, 0.25) is 0 Å². The van der Waals surface area contributed by atoms with Crippen molar-refractivity contribution in [3.05, 3.63) is 45.8 Å². The molecular weight excluding hydrogens is 253 g/mol. The summed E-state index contributed by atoms with van der Waals surface area (Å²) in [6.07, 6.45) is -4.71. The maximum absolute atomic E-state index is 12.7. The number of fused-ring (bicyclic) bond motifs is 1. The third-order valence-electron chi connectivity index (χ3n) is 2.30. The smallest absolute Gasteiger partial charge is 0.417 e. The Morgan fingerprint density at radius 2 is 1.89 bits per heavy atom. The lowest BCUT2D eigenvalue weighted by atomic mass is 10.1. The van der Waals surface area contributed by atoms with Crippen LogP contribution >= 0.6 is 0 Å². The van der Waals surface area contributed by atoms with Gasteiger partial charge in [0.15, 0.2) is 0 Å². The molecule has 2 aromatic rings. The number of hydrogen-bond acceptors (Lipinski definition) is 3. The van der Waals surface area contributed by atoms with E-state index in [0.717, 1.165) is 18.2 Å². The van der Waals surface area contributed by atoms with Crippen molar-refractivity contribution in [3.63, 3.8) is 0 Å². The second-order valence-electron chi connectivity index (χ2n) is 3.49. The zero-order valence-corrected chi connectivity index (χ0v) is 8.62. The molecule has 2 rings (SSSR count). The summed E-state index contributed by atoms with van der Waals surface area (Å²) in [5.74, 6) is -1.32. The molecule has 18 heavy (non-hydrogen) atoms. The molecule has 0 spiro atoms.